The molecule has 0 aliphatic carbocycles. The second-order valence-corrected chi connectivity index (χ2v) is 6.16. The molecule has 23 heavy (non-hydrogen) atoms. The molecule has 0 saturated carbocycles. The van der Waals surface area contributed by atoms with Crippen molar-refractivity contribution in [2.75, 3.05) is 13.7 Å². The lowest BCUT2D eigenvalue weighted by Gasteiger charge is -2.22. The molecular weight excluding hydrogens is 302 g/mol. The van der Waals surface area contributed by atoms with Gasteiger partial charge in [-0.2, -0.15) is 0 Å². The molecule has 0 aliphatic rings. The van der Waals surface area contributed by atoms with E-state index in [0.717, 1.165) is 0 Å². The number of hydrogen-bond acceptors (Lipinski definition) is 6. The summed E-state index contributed by atoms with van der Waals surface area (Å²) in [6, 6.07) is 4.22. The summed E-state index contributed by atoms with van der Waals surface area (Å²) in [5.74, 6) is 0.274. The number of phenols is 1. The van der Waals surface area contributed by atoms with Crippen LogP contribution >= 0.6 is 0 Å². The Morgan fingerprint density at radius 2 is 1.96 bits per heavy atom. The lowest BCUT2D eigenvalue weighted by Crippen LogP contribution is -2.34. The van der Waals surface area contributed by atoms with Crippen LogP contribution < -0.4 is 10.1 Å². The molecule has 7 nitrogen and oxygen atoms in total. The van der Waals surface area contributed by atoms with Crippen LogP contribution in [0.4, 0.5) is 4.79 Å². The molecule has 2 atom stereocenters. The number of aliphatic hydroxyl groups excluding tert-OH is 2. The zero-order chi connectivity index (χ0) is 17.6. The Balaban J connectivity index is 2.55. The standard InChI is InChI=1S/C16H25NO6/c1-16(2,3)23-15(21)17-8-7-12(19)14(20)11-6-5-10(18)9-13(11)22-4/h5-6,9,12,14,18-20H,7-8H2,1-4H3,(H,17,21). The van der Waals surface area contributed by atoms with Gasteiger partial charge in [-0.3, -0.25) is 0 Å². The number of benzene rings is 1. The average Bonchev–Trinajstić information content (AvgIpc) is 2.44. The van der Waals surface area contributed by atoms with Gasteiger partial charge in [-0.25, -0.2) is 4.79 Å². The monoisotopic (exact) mass is 327 g/mol. The highest BCUT2D eigenvalue weighted by Crippen LogP contribution is 2.31. The molecule has 0 aromatic heterocycles. The van der Waals surface area contributed by atoms with E-state index in [2.05, 4.69) is 5.32 Å². The number of phenolic OH excluding ortho intramolecular Hbond substituents is 1. The first-order valence-electron chi connectivity index (χ1n) is 7.34. The van der Waals surface area contributed by atoms with Crippen LogP contribution in [0.15, 0.2) is 18.2 Å². The molecule has 0 aliphatic heterocycles. The maximum Gasteiger partial charge on any atom is 0.407 e. The van der Waals surface area contributed by atoms with Crippen LogP contribution in [0.25, 0.3) is 0 Å². The van der Waals surface area contributed by atoms with E-state index in [9.17, 15) is 20.1 Å². The molecule has 0 fully saturated rings. The van der Waals surface area contributed by atoms with E-state index in [4.69, 9.17) is 9.47 Å². The third-order valence-electron chi connectivity index (χ3n) is 3.01. The van der Waals surface area contributed by atoms with Gasteiger partial charge in [-0.15, -0.1) is 0 Å². The SMILES string of the molecule is COc1cc(O)ccc1C(O)C(O)CCNC(=O)OC(C)(C)C. The molecule has 0 saturated heterocycles. The molecule has 2 unspecified atom stereocenters. The lowest BCUT2D eigenvalue weighted by molar-refractivity contribution is 0.0110. The molecule has 0 bridgehead atoms. The van der Waals surface area contributed by atoms with E-state index in [-0.39, 0.29) is 24.5 Å². The second kappa shape index (κ2) is 8.03. The fourth-order valence-corrected chi connectivity index (χ4v) is 1.95. The highest BCUT2D eigenvalue weighted by molar-refractivity contribution is 5.67. The number of carbonyl (C=O) groups is 1. The van der Waals surface area contributed by atoms with Gasteiger partial charge in [0.05, 0.1) is 13.2 Å². The summed E-state index contributed by atoms with van der Waals surface area (Å²) in [4.78, 5) is 11.5. The van der Waals surface area contributed by atoms with Crippen molar-refractivity contribution >= 4 is 6.09 Å². The number of ether oxygens (including phenoxy) is 2. The van der Waals surface area contributed by atoms with E-state index in [0.29, 0.717) is 5.56 Å². The number of alkyl carbamates (subject to hydrolysis) is 1. The van der Waals surface area contributed by atoms with Crippen LogP contribution in [-0.2, 0) is 4.74 Å². The van der Waals surface area contributed by atoms with Crippen molar-refractivity contribution in [2.24, 2.45) is 0 Å². The molecule has 1 rings (SSSR count). The summed E-state index contributed by atoms with van der Waals surface area (Å²) in [6.45, 7) is 5.40. The zero-order valence-corrected chi connectivity index (χ0v) is 13.9. The van der Waals surface area contributed by atoms with E-state index in [1.807, 2.05) is 0 Å². The van der Waals surface area contributed by atoms with Gasteiger partial charge in [0.25, 0.3) is 0 Å². The van der Waals surface area contributed by atoms with Crippen LogP contribution in [0.1, 0.15) is 38.9 Å². The summed E-state index contributed by atoms with van der Waals surface area (Å²) in [7, 11) is 1.40. The zero-order valence-electron chi connectivity index (χ0n) is 13.9. The Morgan fingerprint density at radius 1 is 1.30 bits per heavy atom. The fourth-order valence-electron chi connectivity index (χ4n) is 1.95. The summed E-state index contributed by atoms with van der Waals surface area (Å²) in [6.07, 6.45) is -2.76. The van der Waals surface area contributed by atoms with Crippen molar-refractivity contribution < 1.29 is 29.6 Å². The van der Waals surface area contributed by atoms with Gasteiger partial charge in [0.1, 0.15) is 23.2 Å². The second-order valence-electron chi connectivity index (χ2n) is 6.16. The minimum absolute atomic E-state index is 0.00104. The number of rotatable bonds is 6. The van der Waals surface area contributed by atoms with Crippen molar-refractivity contribution in [1.29, 1.82) is 0 Å². The van der Waals surface area contributed by atoms with Gasteiger partial charge in [-0.05, 0) is 39.3 Å². The number of methoxy groups -OCH3 is 1. The van der Waals surface area contributed by atoms with Gasteiger partial charge in [0, 0.05) is 18.2 Å². The minimum atomic E-state index is -1.20. The normalized spacial score (nSPS) is 14.0. The highest BCUT2D eigenvalue weighted by Gasteiger charge is 2.22. The predicted octanol–water partition coefficient (Wildman–Crippen LogP) is 1.71. The predicted molar refractivity (Wildman–Crippen MR) is 84.5 cm³/mol. The van der Waals surface area contributed by atoms with E-state index < -0.39 is 23.9 Å². The average molecular weight is 327 g/mol. The maximum atomic E-state index is 11.5. The number of carbonyl (C=O) groups excluding carboxylic acids is 1. The van der Waals surface area contributed by atoms with Crippen molar-refractivity contribution in [3.63, 3.8) is 0 Å². The van der Waals surface area contributed by atoms with Gasteiger partial charge in [-0.1, -0.05) is 0 Å². The molecule has 1 aromatic carbocycles. The first-order valence-corrected chi connectivity index (χ1v) is 7.34. The number of hydrogen-bond donors (Lipinski definition) is 4. The molecule has 1 aromatic rings. The Kier molecular flexibility index (Phi) is 6.65. The van der Waals surface area contributed by atoms with Crippen molar-refractivity contribution in [3.05, 3.63) is 23.8 Å². The quantitative estimate of drug-likeness (QED) is 0.633. The lowest BCUT2D eigenvalue weighted by atomic mass is 10.0. The summed E-state index contributed by atoms with van der Waals surface area (Å²) in [5.41, 5.74) is -0.239. The van der Waals surface area contributed by atoms with Crippen LogP contribution in [0, 0.1) is 0 Å². The third kappa shape index (κ3) is 6.33. The minimum Gasteiger partial charge on any atom is -0.508 e. The van der Waals surface area contributed by atoms with Crippen LogP contribution in [0.2, 0.25) is 0 Å². The van der Waals surface area contributed by atoms with E-state index in [1.54, 1.807) is 20.8 Å². The van der Waals surface area contributed by atoms with Gasteiger partial charge >= 0.3 is 6.09 Å². The Hall–Kier alpha value is -1.99. The molecule has 0 heterocycles. The van der Waals surface area contributed by atoms with Gasteiger partial charge < -0.3 is 30.1 Å². The molecule has 4 N–H and O–H groups in total. The molecule has 130 valence electrons. The molecule has 1 amide bonds. The van der Waals surface area contributed by atoms with E-state index >= 15 is 0 Å². The first kappa shape index (κ1) is 19.1. The van der Waals surface area contributed by atoms with Crippen LogP contribution in [0.5, 0.6) is 11.5 Å². The summed E-state index contributed by atoms with van der Waals surface area (Å²) < 4.78 is 10.1. The van der Waals surface area contributed by atoms with Crippen LogP contribution in [-0.4, -0.2) is 46.8 Å². The molecule has 0 spiro atoms. The van der Waals surface area contributed by atoms with Crippen LogP contribution in [0.3, 0.4) is 0 Å². The Labute approximate surface area is 135 Å². The molecular formula is C16H25NO6. The fraction of sp³-hybridized carbons (Fsp3) is 0.562. The number of aliphatic hydroxyl groups is 2. The molecule has 0 radical (unpaired) electrons. The van der Waals surface area contributed by atoms with Gasteiger partial charge in [0.15, 0.2) is 0 Å². The van der Waals surface area contributed by atoms with Crippen molar-refractivity contribution in [3.8, 4) is 11.5 Å². The van der Waals surface area contributed by atoms with Crippen molar-refractivity contribution in [2.45, 2.75) is 45.0 Å². The largest absolute Gasteiger partial charge is 0.508 e. The molecule has 7 heteroatoms. The number of nitrogens with one attached hydrogen (secondary N) is 1. The highest BCUT2D eigenvalue weighted by atomic mass is 16.6. The summed E-state index contributed by atoms with van der Waals surface area (Å²) >= 11 is 0. The maximum absolute atomic E-state index is 11.5. The first-order chi connectivity index (χ1) is 10.6. The Bertz CT molecular complexity index is 526. The third-order valence-corrected chi connectivity index (χ3v) is 3.01. The Morgan fingerprint density at radius 3 is 2.52 bits per heavy atom. The smallest absolute Gasteiger partial charge is 0.407 e. The van der Waals surface area contributed by atoms with E-state index in [1.165, 1.54) is 25.3 Å². The van der Waals surface area contributed by atoms with Gasteiger partial charge in [0.2, 0.25) is 0 Å². The number of aromatic hydroxyl groups is 1. The number of amides is 1. The summed E-state index contributed by atoms with van der Waals surface area (Å²) in [5, 5.41) is 32.1. The van der Waals surface area contributed by atoms with Crippen molar-refractivity contribution in [1.82, 2.24) is 5.32 Å². The topological polar surface area (TPSA) is 108 Å².